The third-order valence-electron chi connectivity index (χ3n) is 3.67. The largest absolute Gasteiger partial charge is 0.563 e. The Kier molecular flexibility index (Phi) is 4.42. The van der Waals surface area contributed by atoms with Crippen LogP contribution in [0.5, 0.6) is 0 Å². The molecule has 1 aliphatic heterocycles. The van der Waals surface area contributed by atoms with E-state index in [0.29, 0.717) is 12.4 Å². The highest BCUT2D eigenvalue weighted by atomic mass is 16.7. The third kappa shape index (κ3) is 3.30. The number of hydrogen-bond acceptors (Lipinski definition) is 4. The normalized spacial score (nSPS) is 18.3. The second-order valence-electron chi connectivity index (χ2n) is 5.64. The van der Waals surface area contributed by atoms with Gasteiger partial charge in [0.15, 0.2) is 0 Å². The van der Waals surface area contributed by atoms with E-state index in [0.717, 1.165) is 11.0 Å². The molecule has 1 fully saturated rings. The van der Waals surface area contributed by atoms with Crippen molar-refractivity contribution in [3.05, 3.63) is 42.2 Å². The van der Waals surface area contributed by atoms with Gasteiger partial charge in [0.1, 0.15) is 5.60 Å². The van der Waals surface area contributed by atoms with E-state index in [-0.39, 0.29) is 11.9 Å². The molecular weight excluding hydrogens is 267 g/mol. The van der Waals surface area contributed by atoms with E-state index >= 15 is 0 Å². The molecule has 0 saturated carbocycles. The molecule has 1 atom stereocenters. The molecule has 0 amide bonds. The van der Waals surface area contributed by atoms with Crippen LogP contribution in [0.25, 0.3) is 0 Å². The van der Waals surface area contributed by atoms with Crippen LogP contribution in [0, 0.1) is 0 Å². The monoisotopic (exact) mass is 288 g/mol. The molecule has 0 N–H and O–H groups in total. The fraction of sp³-hybridized carbons (Fsp3) is 0.438. The lowest BCUT2D eigenvalue weighted by atomic mass is 9.78. The number of carbonyl (C=O) groups excluding carboxylic acids is 1. The van der Waals surface area contributed by atoms with Crippen LogP contribution in [-0.2, 0) is 18.8 Å². The van der Waals surface area contributed by atoms with E-state index in [2.05, 4.69) is 6.58 Å². The van der Waals surface area contributed by atoms with Crippen LogP contribution in [-0.4, -0.2) is 25.3 Å². The number of ether oxygens (including phenoxy) is 1. The van der Waals surface area contributed by atoms with Crippen molar-refractivity contribution in [2.45, 2.75) is 39.2 Å². The molecular formula is C16H21BO4. The van der Waals surface area contributed by atoms with Gasteiger partial charge in [-0.15, -0.1) is 0 Å². The van der Waals surface area contributed by atoms with Crippen molar-refractivity contribution in [2.24, 2.45) is 0 Å². The molecule has 1 unspecified atom stereocenters. The van der Waals surface area contributed by atoms with Crippen LogP contribution in [0.3, 0.4) is 0 Å². The van der Waals surface area contributed by atoms with Gasteiger partial charge in [0.25, 0.3) is 0 Å². The number of benzene rings is 1. The maximum absolute atomic E-state index is 11.7. The van der Waals surface area contributed by atoms with E-state index in [1.807, 2.05) is 45.0 Å². The Morgan fingerprint density at radius 2 is 2.00 bits per heavy atom. The SMILES string of the molecule is C=C1OB(c2ccc(C(C)C(=O)OCC)cc2)OC1(C)C. The van der Waals surface area contributed by atoms with Crippen LogP contribution in [0.2, 0.25) is 0 Å². The third-order valence-corrected chi connectivity index (χ3v) is 3.67. The predicted molar refractivity (Wildman–Crippen MR) is 82.3 cm³/mol. The summed E-state index contributed by atoms with van der Waals surface area (Å²) < 4.78 is 16.5. The molecule has 112 valence electrons. The van der Waals surface area contributed by atoms with Crippen molar-refractivity contribution in [1.82, 2.24) is 0 Å². The standard InChI is InChI=1S/C16H21BO4/c1-6-19-15(18)11(2)13-7-9-14(10-8-13)17-20-12(3)16(4,5)21-17/h7-11H,3,6H2,1-2,4-5H3. The summed E-state index contributed by atoms with van der Waals surface area (Å²) >= 11 is 0. The van der Waals surface area contributed by atoms with Gasteiger partial charge >= 0.3 is 13.1 Å². The topological polar surface area (TPSA) is 44.8 Å². The molecule has 0 aromatic heterocycles. The summed E-state index contributed by atoms with van der Waals surface area (Å²) in [6.45, 7) is 11.7. The Hall–Kier alpha value is -1.75. The molecule has 0 spiro atoms. The Labute approximate surface area is 126 Å². The summed E-state index contributed by atoms with van der Waals surface area (Å²) in [5, 5.41) is 0. The second kappa shape index (κ2) is 5.94. The highest BCUT2D eigenvalue weighted by Crippen LogP contribution is 2.29. The Balaban J connectivity index is 2.10. The van der Waals surface area contributed by atoms with E-state index in [4.69, 9.17) is 14.0 Å². The lowest BCUT2D eigenvalue weighted by Gasteiger charge is -2.15. The lowest BCUT2D eigenvalue weighted by molar-refractivity contribution is -0.144. The number of carbonyl (C=O) groups is 1. The van der Waals surface area contributed by atoms with Gasteiger partial charge in [0, 0.05) is 0 Å². The maximum Gasteiger partial charge on any atom is 0.563 e. The van der Waals surface area contributed by atoms with Gasteiger partial charge in [-0.2, -0.15) is 0 Å². The molecule has 4 nitrogen and oxygen atoms in total. The average molecular weight is 288 g/mol. The molecule has 5 heteroatoms. The van der Waals surface area contributed by atoms with Crippen molar-refractivity contribution in [1.29, 1.82) is 0 Å². The van der Waals surface area contributed by atoms with Crippen molar-refractivity contribution < 1.29 is 18.8 Å². The van der Waals surface area contributed by atoms with Crippen LogP contribution in [0.1, 0.15) is 39.2 Å². The molecule has 1 aromatic rings. The van der Waals surface area contributed by atoms with E-state index < -0.39 is 12.7 Å². The first kappa shape index (κ1) is 15.6. The summed E-state index contributed by atoms with van der Waals surface area (Å²) in [5.41, 5.74) is 1.33. The van der Waals surface area contributed by atoms with Gasteiger partial charge in [0.2, 0.25) is 0 Å². The van der Waals surface area contributed by atoms with Gasteiger partial charge in [-0.25, -0.2) is 0 Å². The summed E-state index contributed by atoms with van der Waals surface area (Å²) in [6.07, 6.45) is 0. The Morgan fingerprint density at radius 3 is 2.48 bits per heavy atom. The first-order valence-corrected chi connectivity index (χ1v) is 7.15. The predicted octanol–water partition coefficient (Wildman–Crippen LogP) is 2.39. The molecule has 1 saturated heterocycles. The minimum Gasteiger partial charge on any atom is -0.534 e. The fourth-order valence-corrected chi connectivity index (χ4v) is 2.11. The molecule has 21 heavy (non-hydrogen) atoms. The zero-order chi connectivity index (χ0) is 15.6. The number of esters is 1. The van der Waals surface area contributed by atoms with Crippen LogP contribution >= 0.6 is 0 Å². The van der Waals surface area contributed by atoms with Gasteiger partial charge in [-0.05, 0) is 38.7 Å². The van der Waals surface area contributed by atoms with Crippen LogP contribution in [0.15, 0.2) is 36.6 Å². The average Bonchev–Trinajstić information content (AvgIpc) is 2.72. The minimum absolute atomic E-state index is 0.215. The van der Waals surface area contributed by atoms with Gasteiger partial charge < -0.3 is 14.0 Å². The van der Waals surface area contributed by atoms with Crippen molar-refractivity contribution in [3.8, 4) is 0 Å². The summed E-state index contributed by atoms with van der Waals surface area (Å²) in [5.74, 6) is 0.125. The summed E-state index contributed by atoms with van der Waals surface area (Å²) in [7, 11) is -0.445. The van der Waals surface area contributed by atoms with Gasteiger partial charge in [-0.3, -0.25) is 4.79 Å². The van der Waals surface area contributed by atoms with E-state index in [9.17, 15) is 4.79 Å². The smallest absolute Gasteiger partial charge is 0.534 e. The van der Waals surface area contributed by atoms with Crippen molar-refractivity contribution in [2.75, 3.05) is 6.61 Å². The molecule has 0 aliphatic carbocycles. The summed E-state index contributed by atoms with van der Waals surface area (Å²) in [6, 6.07) is 7.62. The molecule has 1 heterocycles. The molecule has 0 radical (unpaired) electrons. The van der Waals surface area contributed by atoms with E-state index in [1.54, 1.807) is 6.92 Å². The Bertz CT molecular complexity index is 536. The molecule has 1 aliphatic rings. The fourth-order valence-electron chi connectivity index (χ4n) is 2.11. The molecule has 2 rings (SSSR count). The molecule has 0 bridgehead atoms. The van der Waals surface area contributed by atoms with Crippen molar-refractivity contribution in [3.63, 3.8) is 0 Å². The van der Waals surface area contributed by atoms with Gasteiger partial charge in [0.05, 0.1) is 18.3 Å². The maximum atomic E-state index is 11.7. The second-order valence-corrected chi connectivity index (χ2v) is 5.64. The van der Waals surface area contributed by atoms with Gasteiger partial charge in [-0.1, -0.05) is 30.8 Å². The van der Waals surface area contributed by atoms with Crippen LogP contribution in [0.4, 0.5) is 0 Å². The highest BCUT2D eigenvalue weighted by molar-refractivity contribution is 6.62. The first-order valence-electron chi connectivity index (χ1n) is 7.15. The quantitative estimate of drug-likeness (QED) is 0.630. The zero-order valence-corrected chi connectivity index (χ0v) is 13.0. The molecule has 1 aromatic carbocycles. The number of hydrogen-bond donors (Lipinski definition) is 0. The number of rotatable bonds is 4. The Morgan fingerprint density at radius 1 is 1.38 bits per heavy atom. The van der Waals surface area contributed by atoms with Crippen molar-refractivity contribution >= 4 is 18.6 Å². The highest BCUT2D eigenvalue weighted by Gasteiger charge is 2.42. The lowest BCUT2D eigenvalue weighted by Crippen LogP contribution is -2.34. The first-order chi connectivity index (χ1) is 9.85. The summed E-state index contributed by atoms with van der Waals surface area (Å²) in [4.78, 5) is 11.7. The van der Waals surface area contributed by atoms with E-state index in [1.165, 1.54) is 0 Å². The minimum atomic E-state index is -0.485. The zero-order valence-electron chi connectivity index (χ0n) is 13.0. The van der Waals surface area contributed by atoms with Crippen LogP contribution < -0.4 is 5.46 Å².